The van der Waals surface area contributed by atoms with Gasteiger partial charge >= 0.3 is 0 Å². The van der Waals surface area contributed by atoms with Gasteiger partial charge in [-0.2, -0.15) is 9.67 Å². The monoisotopic (exact) mass is 384 g/mol. The predicted octanol–water partition coefficient (Wildman–Crippen LogP) is 5.10. The second-order valence-corrected chi connectivity index (χ2v) is 6.84. The van der Waals surface area contributed by atoms with Crippen LogP contribution in [0.1, 0.15) is 5.56 Å². The van der Waals surface area contributed by atoms with Crippen LogP contribution in [0.2, 0.25) is 15.1 Å². The highest BCUT2D eigenvalue weighted by atomic mass is 35.5. The highest BCUT2D eigenvalue weighted by Gasteiger charge is 2.15. The summed E-state index contributed by atoms with van der Waals surface area (Å²) >= 11 is 19.7. The van der Waals surface area contributed by atoms with Gasteiger partial charge in [0, 0.05) is 10.8 Å². The Labute approximate surface area is 152 Å². The van der Waals surface area contributed by atoms with Gasteiger partial charge in [0.1, 0.15) is 5.69 Å². The molecule has 0 fully saturated rings. The molecule has 118 valence electrons. The highest BCUT2D eigenvalue weighted by molar-refractivity contribution is 7.98. The van der Waals surface area contributed by atoms with Crippen molar-refractivity contribution in [1.29, 1.82) is 0 Å². The van der Waals surface area contributed by atoms with Crippen molar-refractivity contribution in [2.75, 3.05) is 5.73 Å². The van der Waals surface area contributed by atoms with E-state index in [4.69, 9.17) is 40.5 Å². The molecule has 1 heterocycles. The fourth-order valence-corrected chi connectivity index (χ4v) is 3.42. The molecule has 0 saturated heterocycles. The molecule has 1 aromatic heterocycles. The number of aromatic nitrogens is 3. The van der Waals surface area contributed by atoms with E-state index in [0.717, 1.165) is 5.56 Å². The molecule has 0 unspecified atom stereocenters. The largest absolute Gasteiger partial charge is 0.368 e. The van der Waals surface area contributed by atoms with Crippen LogP contribution in [0.5, 0.6) is 0 Å². The quantitative estimate of drug-likeness (QED) is 0.635. The third kappa shape index (κ3) is 3.75. The maximum absolute atomic E-state index is 6.19. The van der Waals surface area contributed by atoms with E-state index in [1.165, 1.54) is 16.4 Å². The third-order valence-electron chi connectivity index (χ3n) is 3.04. The lowest BCUT2D eigenvalue weighted by atomic mass is 10.2. The van der Waals surface area contributed by atoms with Crippen LogP contribution in [0.4, 0.5) is 5.95 Å². The Bertz CT molecular complexity index is 813. The number of nitrogens with zero attached hydrogens (tertiary/aromatic N) is 3. The van der Waals surface area contributed by atoms with E-state index < -0.39 is 0 Å². The summed E-state index contributed by atoms with van der Waals surface area (Å²) in [6.07, 6.45) is 0. The molecule has 8 heteroatoms. The van der Waals surface area contributed by atoms with Gasteiger partial charge in [0.05, 0.1) is 10.0 Å². The number of thioether (sulfide) groups is 1. The molecule has 0 radical (unpaired) electrons. The first kappa shape index (κ1) is 16.5. The van der Waals surface area contributed by atoms with Crippen molar-refractivity contribution in [2.24, 2.45) is 0 Å². The number of nitrogen functional groups attached to an aromatic ring is 1. The molecule has 0 aliphatic heterocycles. The minimum absolute atomic E-state index is 0.235. The number of rotatable bonds is 4. The summed E-state index contributed by atoms with van der Waals surface area (Å²) in [4.78, 5) is 4.25. The van der Waals surface area contributed by atoms with Crippen LogP contribution in [-0.4, -0.2) is 14.8 Å². The number of nitrogens with two attached hydrogens (primary N) is 1. The summed E-state index contributed by atoms with van der Waals surface area (Å²) in [5.74, 6) is 0.940. The van der Waals surface area contributed by atoms with Gasteiger partial charge in [-0.15, -0.1) is 5.10 Å². The molecule has 4 nitrogen and oxygen atoms in total. The zero-order chi connectivity index (χ0) is 16.4. The van der Waals surface area contributed by atoms with E-state index in [2.05, 4.69) is 10.1 Å². The summed E-state index contributed by atoms with van der Waals surface area (Å²) in [5.41, 5.74) is 7.58. The van der Waals surface area contributed by atoms with Crippen molar-refractivity contribution in [2.45, 2.75) is 10.9 Å². The molecule has 23 heavy (non-hydrogen) atoms. The van der Waals surface area contributed by atoms with Crippen molar-refractivity contribution < 1.29 is 0 Å². The lowest BCUT2D eigenvalue weighted by Gasteiger charge is -2.06. The minimum atomic E-state index is 0.235. The molecule has 2 N–H and O–H groups in total. The van der Waals surface area contributed by atoms with Gasteiger partial charge in [-0.05, 0) is 29.8 Å². The van der Waals surface area contributed by atoms with Crippen LogP contribution in [0.15, 0.2) is 47.6 Å². The maximum Gasteiger partial charge on any atom is 0.224 e. The van der Waals surface area contributed by atoms with E-state index in [0.29, 0.717) is 31.7 Å². The van der Waals surface area contributed by atoms with Crippen molar-refractivity contribution in [3.63, 3.8) is 0 Å². The van der Waals surface area contributed by atoms with Crippen molar-refractivity contribution in [1.82, 2.24) is 14.8 Å². The molecule has 0 bridgehead atoms. The Hall–Kier alpha value is -1.40. The summed E-state index contributed by atoms with van der Waals surface area (Å²) in [6, 6.07) is 12.8. The third-order valence-corrected chi connectivity index (χ3v) is 4.81. The van der Waals surface area contributed by atoms with Gasteiger partial charge in [0.2, 0.25) is 11.1 Å². The first-order chi connectivity index (χ1) is 11.0. The summed E-state index contributed by atoms with van der Waals surface area (Å²) < 4.78 is 1.45. The smallest absolute Gasteiger partial charge is 0.224 e. The van der Waals surface area contributed by atoms with Crippen molar-refractivity contribution >= 4 is 52.5 Å². The van der Waals surface area contributed by atoms with Crippen LogP contribution in [-0.2, 0) is 5.75 Å². The molecule has 3 rings (SSSR count). The van der Waals surface area contributed by atoms with E-state index in [9.17, 15) is 0 Å². The SMILES string of the molecule is Nc1nc(SCc2ccc(Cl)cc2)nn1-c1c(Cl)cccc1Cl. The first-order valence-corrected chi connectivity index (χ1v) is 8.70. The molecule has 0 saturated carbocycles. The molecule has 2 aromatic carbocycles. The van der Waals surface area contributed by atoms with Gasteiger partial charge in [0.15, 0.2) is 0 Å². The number of hydrogen-bond donors (Lipinski definition) is 1. The van der Waals surface area contributed by atoms with Crippen LogP contribution < -0.4 is 5.73 Å². The zero-order valence-electron chi connectivity index (χ0n) is 11.7. The Kier molecular flexibility index (Phi) is 5.02. The normalized spacial score (nSPS) is 10.9. The lowest BCUT2D eigenvalue weighted by Crippen LogP contribution is -2.03. The van der Waals surface area contributed by atoms with Gasteiger partial charge in [-0.3, -0.25) is 0 Å². The molecule has 0 atom stereocenters. The van der Waals surface area contributed by atoms with E-state index in [-0.39, 0.29) is 5.95 Å². The summed E-state index contributed by atoms with van der Waals surface area (Å²) in [7, 11) is 0. The number of hydrogen-bond acceptors (Lipinski definition) is 4. The Morgan fingerprint density at radius 1 is 1.00 bits per heavy atom. The first-order valence-electron chi connectivity index (χ1n) is 6.59. The minimum Gasteiger partial charge on any atom is -0.368 e. The average molecular weight is 386 g/mol. The molecule has 0 aliphatic carbocycles. The Morgan fingerprint density at radius 3 is 2.30 bits per heavy atom. The van der Waals surface area contributed by atoms with Crippen LogP contribution >= 0.6 is 46.6 Å². The highest BCUT2D eigenvalue weighted by Crippen LogP contribution is 2.30. The van der Waals surface area contributed by atoms with E-state index in [1.54, 1.807) is 18.2 Å². The molecule has 3 aromatic rings. The Balaban J connectivity index is 1.82. The number of anilines is 1. The summed E-state index contributed by atoms with van der Waals surface area (Å²) in [6.45, 7) is 0. The number of para-hydroxylation sites is 1. The molecule has 0 aliphatic rings. The standard InChI is InChI=1S/C15H11Cl3N4S/c16-10-6-4-9(5-7-10)8-23-15-20-14(19)22(21-15)13-11(17)2-1-3-12(13)18/h1-7H,8H2,(H2,19,20,21). The average Bonchev–Trinajstić information content (AvgIpc) is 2.88. The molecule has 0 spiro atoms. The van der Waals surface area contributed by atoms with Crippen molar-refractivity contribution in [3.05, 3.63) is 63.1 Å². The van der Waals surface area contributed by atoms with Gasteiger partial charge in [-0.25, -0.2) is 0 Å². The second-order valence-electron chi connectivity index (χ2n) is 4.65. The fourth-order valence-electron chi connectivity index (χ4n) is 1.95. The second kappa shape index (κ2) is 7.01. The van der Waals surface area contributed by atoms with Gasteiger partial charge < -0.3 is 5.73 Å². The van der Waals surface area contributed by atoms with E-state index in [1.807, 2.05) is 24.3 Å². The van der Waals surface area contributed by atoms with Gasteiger partial charge in [0.25, 0.3) is 0 Å². The lowest BCUT2D eigenvalue weighted by molar-refractivity contribution is 0.841. The predicted molar refractivity (Wildman–Crippen MR) is 96.8 cm³/mol. The van der Waals surface area contributed by atoms with E-state index >= 15 is 0 Å². The topological polar surface area (TPSA) is 56.7 Å². The fraction of sp³-hybridized carbons (Fsp3) is 0.0667. The van der Waals surface area contributed by atoms with Crippen LogP contribution in [0, 0.1) is 0 Å². The molecular formula is C15H11Cl3N4S. The van der Waals surface area contributed by atoms with Gasteiger partial charge in [-0.1, -0.05) is 64.8 Å². The zero-order valence-corrected chi connectivity index (χ0v) is 14.8. The number of benzene rings is 2. The Morgan fingerprint density at radius 2 is 1.65 bits per heavy atom. The molecular weight excluding hydrogens is 375 g/mol. The summed E-state index contributed by atoms with van der Waals surface area (Å²) in [5, 5.41) is 6.56. The molecule has 0 amide bonds. The van der Waals surface area contributed by atoms with Crippen LogP contribution in [0.25, 0.3) is 5.69 Å². The van der Waals surface area contributed by atoms with Crippen molar-refractivity contribution in [3.8, 4) is 5.69 Å². The number of halogens is 3. The van der Waals surface area contributed by atoms with Crippen LogP contribution in [0.3, 0.4) is 0 Å². The maximum atomic E-state index is 6.19.